The highest BCUT2D eigenvalue weighted by Gasteiger charge is 1.89. The molecule has 0 aliphatic carbocycles. The van der Waals surface area contributed by atoms with Gasteiger partial charge in [0.15, 0.2) is 0 Å². The van der Waals surface area contributed by atoms with E-state index in [-0.39, 0.29) is 0 Å². The number of carboxylic acids is 1. The van der Waals surface area contributed by atoms with Gasteiger partial charge in [-0.05, 0) is 65.0 Å². The number of carboxylic acid groups (broad SMARTS) is 1. The lowest BCUT2D eigenvalue weighted by Gasteiger charge is -2.04. The lowest BCUT2D eigenvalue weighted by molar-refractivity contribution is -0.131. The average molecular weight is 274 g/mol. The smallest absolute Gasteiger partial charge is 0.327 e. The van der Waals surface area contributed by atoms with E-state index in [1.54, 1.807) is 0 Å². The Hall–Kier alpha value is -0.950. The summed E-state index contributed by atoms with van der Waals surface area (Å²) in [6, 6.07) is 0. The van der Waals surface area contributed by atoms with E-state index in [2.05, 4.69) is 17.2 Å². The van der Waals surface area contributed by atoms with Crippen molar-refractivity contribution in [1.82, 2.24) is 10.6 Å². The topological polar surface area (TPSA) is 113 Å². The first-order valence-corrected chi connectivity index (χ1v) is 6.86. The lowest BCUT2D eigenvalue weighted by Crippen LogP contribution is -2.22. The largest absolute Gasteiger partial charge is 0.478 e. The minimum atomic E-state index is -0.981. The second kappa shape index (κ2) is 19.4. The summed E-state index contributed by atoms with van der Waals surface area (Å²) in [7, 11) is 0. The van der Waals surface area contributed by atoms with E-state index in [4.69, 9.17) is 16.6 Å². The van der Waals surface area contributed by atoms with Gasteiger partial charge in [-0.1, -0.05) is 6.58 Å². The number of nitrogens with two attached hydrogens (primary N) is 2. The Morgan fingerprint density at radius 3 is 1.53 bits per heavy atom. The van der Waals surface area contributed by atoms with Crippen LogP contribution in [-0.4, -0.2) is 50.3 Å². The summed E-state index contributed by atoms with van der Waals surface area (Å²) in [5.41, 5.74) is 10.8. The number of nitrogens with one attached hydrogen (secondary N) is 2. The fraction of sp³-hybridized carbons (Fsp3) is 0.769. The van der Waals surface area contributed by atoms with Crippen molar-refractivity contribution in [2.45, 2.75) is 25.7 Å². The van der Waals surface area contributed by atoms with Crippen LogP contribution in [0, 0.1) is 0 Å². The zero-order chi connectivity index (χ0) is 14.8. The van der Waals surface area contributed by atoms with E-state index >= 15 is 0 Å². The normalized spacial score (nSPS) is 9.58. The molecule has 0 amide bonds. The predicted molar refractivity (Wildman–Crippen MR) is 80.1 cm³/mol. The molecule has 6 nitrogen and oxygen atoms in total. The number of hydrogen-bond acceptors (Lipinski definition) is 5. The molecule has 0 unspecified atom stereocenters. The van der Waals surface area contributed by atoms with E-state index < -0.39 is 5.97 Å². The third-order valence-electron chi connectivity index (χ3n) is 2.25. The van der Waals surface area contributed by atoms with Crippen molar-refractivity contribution in [2.75, 3.05) is 39.3 Å². The fourth-order valence-corrected chi connectivity index (χ4v) is 1.20. The van der Waals surface area contributed by atoms with Crippen molar-refractivity contribution in [3.63, 3.8) is 0 Å². The number of carbonyl (C=O) groups is 1. The molecule has 0 atom stereocenters. The average Bonchev–Trinajstić information content (AvgIpc) is 2.41. The van der Waals surface area contributed by atoms with E-state index in [0.29, 0.717) is 0 Å². The van der Waals surface area contributed by atoms with Crippen LogP contribution in [-0.2, 0) is 4.79 Å². The van der Waals surface area contributed by atoms with Crippen LogP contribution < -0.4 is 22.1 Å². The Balaban J connectivity index is 0. The quantitative estimate of drug-likeness (QED) is 0.251. The summed E-state index contributed by atoms with van der Waals surface area (Å²) in [6.45, 7) is 8.86. The third kappa shape index (κ3) is 26.6. The predicted octanol–water partition coefficient (Wildman–Crippen LogP) is -0.0996. The van der Waals surface area contributed by atoms with Crippen molar-refractivity contribution in [3.8, 4) is 0 Å². The van der Waals surface area contributed by atoms with Gasteiger partial charge in [0.1, 0.15) is 0 Å². The van der Waals surface area contributed by atoms with Gasteiger partial charge in [0.25, 0.3) is 0 Å². The van der Waals surface area contributed by atoms with Crippen LogP contribution >= 0.6 is 0 Å². The van der Waals surface area contributed by atoms with Crippen molar-refractivity contribution in [3.05, 3.63) is 12.7 Å². The molecule has 7 N–H and O–H groups in total. The zero-order valence-electron chi connectivity index (χ0n) is 11.9. The zero-order valence-corrected chi connectivity index (χ0v) is 11.9. The van der Waals surface area contributed by atoms with Crippen LogP contribution in [0.25, 0.3) is 0 Å². The summed E-state index contributed by atoms with van der Waals surface area (Å²) in [4.78, 5) is 9.25. The van der Waals surface area contributed by atoms with Gasteiger partial charge in [-0.25, -0.2) is 4.79 Å². The Labute approximate surface area is 116 Å². The Morgan fingerprint density at radius 2 is 1.26 bits per heavy atom. The fourth-order valence-electron chi connectivity index (χ4n) is 1.20. The van der Waals surface area contributed by atoms with E-state index in [0.717, 1.165) is 58.2 Å². The first kappa shape index (κ1) is 20.4. The van der Waals surface area contributed by atoms with Gasteiger partial charge in [0, 0.05) is 6.08 Å². The number of aliphatic carboxylic acids is 1. The molecule has 6 heteroatoms. The van der Waals surface area contributed by atoms with Gasteiger partial charge in [-0.3, -0.25) is 0 Å². The van der Waals surface area contributed by atoms with Crippen LogP contribution in [0.15, 0.2) is 12.7 Å². The summed E-state index contributed by atoms with van der Waals surface area (Å²) < 4.78 is 0. The van der Waals surface area contributed by atoms with Gasteiger partial charge in [0.05, 0.1) is 0 Å². The van der Waals surface area contributed by atoms with Crippen molar-refractivity contribution in [2.24, 2.45) is 11.5 Å². The molecule has 0 aromatic rings. The molecule has 114 valence electrons. The van der Waals surface area contributed by atoms with E-state index in [1.807, 2.05) is 0 Å². The molecule has 0 spiro atoms. The van der Waals surface area contributed by atoms with Crippen LogP contribution in [0.3, 0.4) is 0 Å². The van der Waals surface area contributed by atoms with Gasteiger partial charge in [0.2, 0.25) is 0 Å². The van der Waals surface area contributed by atoms with Crippen LogP contribution in [0.2, 0.25) is 0 Å². The maximum atomic E-state index is 9.25. The molecule has 19 heavy (non-hydrogen) atoms. The van der Waals surface area contributed by atoms with E-state index in [9.17, 15) is 4.79 Å². The summed E-state index contributed by atoms with van der Waals surface area (Å²) in [5, 5.41) is 14.3. The highest BCUT2D eigenvalue weighted by atomic mass is 16.4. The van der Waals surface area contributed by atoms with Crippen LogP contribution in [0.5, 0.6) is 0 Å². The molecule has 0 saturated heterocycles. The minimum absolute atomic E-state index is 0.785. The monoisotopic (exact) mass is 274 g/mol. The highest BCUT2D eigenvalue weighted by molar-refractivity contribution is 5.78. The molecule has 0 rings (SSSR count). The standard InChI is InChI=1S/C10H26N4.C3H4O2/c11-5-3-9-13-7-1-2-8-14-10-4-6-12;1-2-3(4)5/h13-14H,1-12H2;2H,1H2,(H,4,5). The van der Waals surface area contributed by atoms with Gasteiger partial charge in [-0.15, -0.1) is 0 Å². The number of rotatable bonds is 12. The third-order valence-corrected chi connectivity index (χ3v) is 2.25. The molecule has 0 heterocycles. The maximum absolute atomic E-state index is 9.25. The van der Waals surface area contributed by atoms with Gasteiger partial charge in [-0.2, -0.15) is 0 Å². The maximum Gasteiger partial charge on any atom is 0.327 e. The van der Waals surface area contributed by atoms with Crippen molar-refractivity contribution >= 4 is 5.97 Å². The molecule has 0 fully saturated rings. The lowest BCUT2D eigenvalue weighted by atomic mass is 10.3. The molecule has 0 bridgehead atoms. The first-order valence-electron chi connectivity index (χ1n) is 6.86. The first-order chi connectivity index (χ1) is 9.18. The summed E-state index contributed by atoms with van der Waals surface area (Å²) in [6.07, 6.45) is 5.46. The Bertz CT molecular complexity index is 189. The Kier molecular flexibility index (Phi) is 20.8. The van der Waals surface area contributed by atoms with Crippen LogP contribution in [0.1, 0.15) is 25.7 Å². The molecular weight excluding hydrogens is 244 g/mol. The molecule has 0 aromatic carbocycles. The molecule has 0 aromatic heterocycles. The second-order valence-electron chi connectivity index (χ2n) is 4.03. The number of hydrogen-bond donors (Lipinski definition) is 5. The number of unbranched alkanes of at least 4 members (excludes halogenated alkanes) is 1. The van der Waals surface area contributed by atoms with Crippen molar-refractivity contribution < 1.29 is 9.90 Å². The molecule has 0 aliphatic rings. The second-order valence-corrected chi connectivity index (χ2v) is 4.03. The summed E-state index contributed by atoms with van der Waals surface area (Å²) >= 11 is 0. The van der Waals surface area contributed by atoms with Gasteiger partial charge >= 0.3 is 5.97 Å². The molecule has 0 radical (unpaired) electrons. The van der Waals surface area contributed by atoms with Crippen LogP contribution in [0.4, 0.5) is 0 Å². The highest BCUT2D eigenvalue weighted by Crippen LogP contribution is 1.85. The Morgan fingerprint density at radius 1 is 0.947 bits per heavy atom. The molecular formula is C13H30N4O2. The van der Waals surface area contributed by atoms with Crippen molar-refractivity contribution in [1.29, 1.82) is 0 Å². The molecule has 0 saturated carbocycles. The van der Waals surface area contributed by atoms with Gasteiger partial charge < -0.3 is 27.2 Å². The van der Waals surface area contributed by atoms with E-state index in [1.165, 1.54) is 12.8 Å². The molecule has 0 aliphatic heterocycles. The summed E-state index contributed by atoms with van der Waals surface area (Å²) in [5.74, 6) is -0.981. The minimum Gasteiger partial charge on any atom is -0.478 e. The SMILES string of the molecule is C=CC(=O)O.NCCCNCCCCNCCCN.